The molecule has 23 heavy (non-hydrogen) atoms. The SMILES string of the molecule is CCCCNC(=O)c1cc(C)nc(NCCC2=CCCCC2)n1. The molecule has 1 aliphatic rings. The Morgan fingerprint density at radius 2 is 2.13 bits per heavy atom. The summed E-state index contributed by atoms with van der Waals surface area (Å²) in [6.07, 6.45) is 10.5. The summed E-state index contributed by atoms with van der Waals surface area (Å²) in [6.45, 7) is 5.49. The van der Waals surface area contributed by atoms with Crippen LogP contribution >= 0.6 is 0 Å². The maximum atomic E-state index is 12.1. The minimum atomic E-state index is -0.123. The number of carbonyl (C=O) groups excluding carboxylic acids is 1. The zero-order chi connectivity index (χ0) is 16.5. The summed E-state index contributed by atoms with van der Waals surface area (Å²) in [5, 5.41) is 6.15. The zero-order valence-corrected chi connectivity index (χ0v) is 14.3. The van der Waals surface area contributed by atoms with E-state index in [1.807, 2.05) is 6.92 Å². The van der Waals surface area contributed by atoms with E-state index < -0.39 is 0 Å². The van der Waals surface area contributed by atoms with Crippen LogP contribution in [0.2, 0.25) is 0 Å². The molecule has 0 fully saturated rings. The van der Waals surface area contributed by atoms with Crippen LogP contribution in [0.5, 0.6) is 0 Å². The minimum absolute atomic E-state index is 0.123. The van der Waals surface area contributed by atoms with E-state index in [-0.39, 0.29) is 5.91 Å². The van der Waals surface area contributed by atoms with E-state index >= 15 is 0 Å². The van der Waals surface area contributed by atoms with Crippen molar-refractivity contribution in [2.75, 3.05) is 18.4 Å². The first-order valence-electron chi connectivity index (χ1n) is 8.74. The molecule has 0 bridgehead atoms. The normalized spacial score (nSPS) is 14.3. The Labute approximate surface area is 139 Å². The van der Waals surface area contributed by atoms with Gasteiger partial charge in [-0.05, 0) is 51.5 Å². The van der Waals surface area contributed by atoms with Gasteiger partial charge in [0.1, 0.15) is 5.69 Å². The number of aryl methyl sites for hydroxylation is 1. The third-order valence-electron chi connectivity index (χ3n) is 4.02. The predicted molar refractivity (Wildman–Crippen MR) is 93.7 cm³/mol. The molecule has 0 saturated heterocycles. The molecule has 2 N–H and O–H groups in total. The number of anilines is 1. The number of nitrogens with zero attached hydrogens (tertiary/aromatic N) is 2. The Hall–Kier alpha value is -1.91. The van der Waals surface area contributed by atoms with Crippen molar-refractivity contribution in [3.8, 4) is 0 Å². The highest BCUT2D eigenvalue weighted by atomic mass is 16.1. The van der Waals surface area contributed by atoms with Crippen molar-refractivity contribution < 1.29 is 4.79 Å². The van der Waals surface area contributed by atoms with Gasteiger partial charge in [-0.3, -0.25) is 4.79 Å². The largest absolute Gasteiger partial charge is 0.354 e. The van der Waals surface area contributed by atoms with E-state index in [0.29, 0.717) is 18.2 Å². The summed E-state index contributed by atoms with van der Waals surface area (Å²) in [5.41, 5.74) is 2.77. The van der Waals surface area contributed by atoms with E-state index in [1.54, 1.807) is 6.07 Å². The van der Waals surface area contributed by atoms with Crippen molar-refractivity contribution >= 4 is 11.9 Å². The molecular formula is C18H28N4O. The van der Waals surface area contributed by atoms with E-state index in [0.717, 1.165) is 31.5 Å². The van der Waals surface area contributed by atoms with Crippen LogP contribution in [0.1, 0.15) is 68.1 Å². The molecule has 0 radical (unpaired) electrons. The van der Waals surface area contributed by atoms with Crippen LogP contribution in [0, 0.1) is 6.92 Å². The highest BCUT2D eigenvalue weighted by molar-refractivity contribution is 5.92. The van der Waals surface area contributed by atoms with Crippen LogP contribution in [0.4, 0.5) is 5.95 Å². The average Bonchev–Trinajstić information content (AvgIpc) is 2.55. The molecule has 0 aliphatic heterocycles. The first-order valence-corrected chi connectivity index (χ1v) is 8.74. The molecule has 0 spiro atoms. The second kappa shape index (κ2) is 9.28. The van der Waals surface area contributed by atoms with Crippen LogP contribution in [-0.4, -0.2) is 29.0 Å². The quantitative estimate of drug-likeness (QED) is 0.568. The number of hydrogen-bond donors (Lipinski definition) is 2. The molecule has 2 rings (SSSR count). The van der Waals surface area contributed by atoms with Gasteiger partial charge in [0.2, 0.25) is 5.95 Å². The lowest BCUT2D eigenvalue weighted by molar-refractivity contribution is 0.0948. The predicted octanol–water partition coefficient (Wildman–Crippen LogP) is 3.62. The summed E-state index contributed by atoms with van der Waals surface area (Å²) >= 11 is 0. The van der Waals surface area contributed by atoms with Gasteiger partial charge in [0, 0.05) is 18.8 Å². The summed E-state index contributed by atoms with van der Waals surface area (Å²) in [5.74, 6) is 0.420. The van der Waals surface area contributed by atoms with Crippen molar-refractivity contribution in [2.24, 2.45) is 0 Å². The van der Waals surface area contributed by atoms with Gasteiger partial charge in [-0.25, -0.2) is 9.97 Å². The molecule has 0 unspecified atom stereocenters. The van der Waals surface area contributed by atoms with Crippen molar-refractivity contribution in [1.82, 2.24) is 15.3 Å². The van der Waals surface area contributed by atoms with Crippen molar-refractivity contribution in [3.05, 3.63) is 29.1 Å². The molecule has 1 aromatic heterocycles. The van der Waals surface area contributed by atoms with Gasteiger partial charge >= 0.3 is 0 Å². The van der Waals surface area contributed by atoms with Crippen LogP contribution in [0.25, 0.3) is 0 Å². The Morgan fingerprint density at radius 1 is 1.26 bits per heavy atom. The Kier molecular flexibility index (Phi) is 7.04. The third kappa shape index (κ3) is 6.00. The molecule has 1 aromatic rings. The number of nitrogens with one attached hydrogen (secondary N) is 2. The van der Waals surface area contributed by atoms with Gasteiger partial charge in [0.25, 0.3) is 5.91 Å². The molecule has 5 nitrogen and oxygen atoms in total. The number of rotatable bonds is 8. The van der Waals surface area contributed by atoms with E-state index in [9.17, 15) is 4.79 Å². The lowest BCUT2D eigenvalue weighted by atomic mass is 9.97. The smallest absolute Gasteiger partial charge is 0.270 e. The standard InChI is InChI=1S/C18H28N4O/c1-3-4-11-19-17(23)16-13-14(2)21-18(22-16)20-12-10-15-8-6-5-7-9-15/h8,13H,3-7,9-12H2,1-2H3,(H,19,23)(H,20,21,22). The highest BCUT2D eigenvalue weighted by Crippen LogP contribution is 2.19. The number of unbranched alkanes of at least 4 members (excludes halogenated alkanes) is 1. The number of allylic oxidation sites excluding steroid dienone is 1. The molecular weight excluding hydrogens is 288 g/mol. The van der Waals surface area contributed by atoms with Crippen molar-refractivity contribution in [2.45, 2.75) is 58.8 Å². The summed E-state index contributed by atoms with van der Waals surface area (Å²) in [6, 6.07) is 1.73. The summed E-state index contributed by atoms with van der Waals surface area (Å²) in [7, 11) is 0. The second-order valence-corrected chi connectivity index (χ2v) is 6.11. The molecule has 0 saturated carbocycles. The van der Waals surface area contributed by atoms with E-state index in [4.69, 9.17) is 0 Å². The second-order valence-electron chi connectivity index (χ2n) is 6.11. The topological polar surface area (TPSA) is 66.9 Å². The third-order valence-corrected chi connectivity index (χ3v) is 4.02. The molecule has 1 amide bonds. The molecule has 1 heterocycles. The molecule has 0 aromatic carbocycles. The monoisotopic (exact) mass is 316 g/mol. The fraction of sp³-hybridized carbons (Fsp3) is 0.611. The van der Waals surface area contributed by atoms with Gasteiger partial charge in [0.05, 0.1) is 0 Å². The van der Waals surface area contributed by atoms with Crippen LogP contribution < -0.4 is 10.6 Å². The zero-order valence-electron chi connectivity index (χ0n) is 14.3. The fourth-order valence-corrected chi connectivity index (χ4v) is 2.70. The van der Waals surface area contributed by atoms with Crippen LogP contribution in [-0.2, 0) is 0 Å². The fourth-order valence-electron chi connectivity index (χ4n) is 2.70. The first-order chi connectivity index (χ1) is 11.2. The van der Waals surface area contributed by atoms with Gasteiger partial charge in [-0.2, -0.15) is 0 Å². The number of hydrogen-bond acceptors (Lipinski definition) is 4. The summed E-state index contributed by atoms with van der Waals surface area (Å²) in [4.78, 5) is 20.8. The lowest BCUT2D eigenvalue weighted by Crippen LogP contribution is -2.26. The van der Waals surface area contributed by atoms with E-state index in [1.165, 1.54) is 31.3 Å². The molecule has 0 atom stereocenters. The summed E-state index contributed by atoms with van der Waals surface area (Å²) < 4.78 is 0. The van der Waals surface area contributed by atoms with Gasteiger partial charge in [0.15, 0.2) is 0 Å². The maximum Gasteiger partial charge on any atom is 0.270 e. The van der Waals surface area contributed by atoms with Gasteiger partial charge in [-0.15, -0.1) is 0 Å². The van der Waals surface area contributed by atoms with Crippen LogP contribution in [0.3, 0.4) is 0 Å². The average molecular weight is 316 g/mol. The molecule has 5 heteroatoms. The number of amides is 1. The maximum absolute atomic E-state index is 12.1. The van der Waals surface area contributed by atoms with E-state index in [2.05, 4.69) is 33.6 Å². The number of aromatic nitrogens is 2. The molecule has 126 valence electrons. The minimum Gasteiger partial charge on any atom is -0.354 e. The Balaban J connectivity index is 1.88. The van der Waals surface area contributed by atoms with Gasteiger partial charge < -0.3 is 10.6 Å². The Morgan fingerprint density at radius 3 is 2.87 bits per heavy atom. The Bertz CT molecular complexity index is 554. The lowest BCUT2D eigenvalue weighted by Gasteiger charge is -2.13. The molecule has 1 aliphatic carbocycles. The highest BCUT2D eigenvalue weighted by Gasteiger charge is 2.10. The van der Waals surface area contributed by atoms with Gasteiger partial charge in [-0.1, -0.05) is 25.0 Å². The van der Waals surface area contributed by atoms with Crippen molar-refractivity contribution in [3.63, 3.8) is 0 Å². The number of carbonyl (C=O) groups is 1. The first kappa shape index (κ1) is 17.4. The van der Waals surface area contributed by atoms with Crippen LogP contribution in [0.15, 0.2) is 17.7 Å². The van der Waals surface area contributed by atoms with Crippen molar-refractivity contribution in [1.29, 1.82) is 0 Å².